The van der Waals surface area contributed by atoms with Crippen molar-refractivity contribution < 1.29 is 4.79 Å². The molecule has 0 aromatic heterocycles. The molecular formula is C5H4Cl2N4O. The van der Waals surface area contributed by atoms with E-state index in [4.69, 9.17) is 23.2 Å². The Kier molecular flexibility index (Phi) is 1.69. The normalized spacial score (nSPS) is 33.0. The summed E-state index contributed by atoms with van der Waals surface area (Å²) in [4.78, 5) is 15.1. The van der Waals surface area contributed by atoms with Gasteiger partial charge < -0.3 is 0 Å². The molecule has 0 saturated carbocycles. The van der Waals surface area contributed by atoms with Gasteiger partial charge in [0, 0.05) is 0 Å². The fraction of sp³-hybridized carbons (Fsp3) is 0.400. The molecule has 2 atom stereocenters. The molecule has 64 valence electrons. The smallest absolute Gasteiger partial charge is 0.253 e. The number of carbonyl (C=O) groups is 1. The number of hydrogen-bond acceptors (Lipinski definition) is 4. The minimum absolute atomic E-state index is 0.0540. The van der Waals surface area contributed by atoms with Gasteiger partial charge in [-0.2, -0.15) is 5.10 Å². The molecule has 0 aromatic rings. The van der Waals surface area contributed by atoms with Crippen LogP contribution in [0.15, 0.2) is 10.1 Å². The van der Waals surface area contributed by atoms with E-state index in [9.17, 15) is 4.79 Å². The van der Waals surface area contributed by atoms with Crippen molar-refractivity contribution in [3.05, 3.63) is 0 Å². The molecule has 5 nitrogen and oxygen atoms in total. The summed E-state index contributed by atoms with van der Waals surface area (Å²) in [5.74, 6) is -0.264. The Morgan fingerprint density at radius 2 is 2.17 bits per heavy atom. The molecule has 2 rings (SSSR count). The molecule has 2 aliphatic heterocycles. The average Bonchev–Trinajstić information content (AvgIpc) is 2.33. The summed E-state index contributed by atoms with van der Waals surface area (Å²) in [6.45, 7) is 0. The highest BCUT2D eigenvalue weighted by molar-refractivity contribution is 6.69. The number of hydrazone groups is 1. The molecule has 0 saturated heterocycles. The molecule has 0 aliphatic carbocycles. The summed E-state index contributed by atoms with van der Waals surface area (Å²) in [7, 11) is 0. The summed E-state index contributed by atoms with van der Waals surface area (Å²) < 4.78 is 0. The first-order valence-electron chi connectivity index (χ1n) is 3.21. The van der Waals surface area contributed by atoms with Crippen LogP contribution in [0.2, 0.25) is 0 Å². The molecule has 0 radical (unpaired) electrons. The van der Waals surface area contributed by atoms with Gasteiger partial charge in [0.1, 0.15) is 6.04 Å². The fourth-order valence-corrected chi connectivity index (χ4v) is 1.49. The number of halogens is 2. The molecule has 7 heteroatoms. The lowest BCUT2D eigenvalue weighted by Crippen LogP contribution is -2.51. The molecule has 2 N–H and O–H groups in total. The number of hydrogen-bond donors (Lipinski definition) is 2. The highest BCUT2D eigenvalue weighted by Crippen LogP contribution is 2.15. The second-order valence-corrected chi connectivity index (χ2v) is 3.14. The van der Waals surface area contributed by atoms with Crippen LogP contribution < -0.4 is 10.7 Å². The van der Waals surface area contributed by atoms with E-state index in [0.717, 1.165) is 0 Å². The van der Waals surface area contributed by atoms with Crippen LogP contribution in [0.25, 0.3) is 0 Å². The zero-order valence-electron chi connectivity index (χ0n) is 5.71. The first kappa shape index (κ1) is 7.82. The van der Waals surface area contributed by atoms with Crippen molar-refractivity contribution in [1.29, 1.82) is 0 Å². The number of nitrogens with zero attached hydrogens (tertiary/aromatic N) is 2. The summed E-state index contributed by atoms with van der Waals surface area (Å²) in [5, 5.41) is 6.34. The quantitative estimate of drug-likeness (QED) is 0.531. The SMILES string of the molecule is O=C1NC(Cl)=NC2C(Cl)=NNC12. The van der Waals surface area contributed by atoms with Crippen LogP contribution in [-0.2, 0) is 4.79 Å². The minimum Gasteiger partial charge on any atom is -0.299 e. The predicted molar refractivity (Wildman–Crippen MR) is 45.4 cm³/mol. The highest BCUT2D eigenvalue weighted by Gasteiger charge is 2.39. The van der Waals surface area contributed by atoms with Crippen molar-refractivity contribution in [1.82, 2.24) is 10.7 Å². The third-order valence-electron chi connectivity index (χ3n) is 1.63. The van der Waals surface area contributed by atoms with Crippen molar-refractivity contribution in [3.63, 3.8) is 0 Å². The van der Waals surface area contributed by atoms with E-state index in [1.54, 1.807) is 0 Å². The molecule has 0 fully saturated rings. The maximum absolute atomic E-state index is 11.2. The monoisotopic (exact) mass is 206 g/mol. The zero-order chi connectivity index (χ0) is 8.72. The predicted octanol–water partition coefficient (Wildman–Crippen LogP) is -0.396. The number of carbonyl (C=O) groups excluding carboxylic acids is 1. The summed E-state index contributed by atoms with van der Waals surface area (Å²) in [6.07, 6.45) is 0. The van der Waals surface area contributed by atoms with Gasteiger partial charge in [-0.25, -0.2) is 4.99 Å². The van der Waals surface area contributed by atoms with E-state index in [1.807, 2.05) is 0 Å². The number of nitrogens with one attached hydrogen (secondary N) is 2. The van der Waals surface area contributed by atoms with Gasteiger partial charge in [-0.1, -0.05) is 11.6 Å². The Bertz CT molecular complexity index is 300. The van der Waals surface area contributed by atoms with Crippen LogP contribution in [0.1, 0.15) is 0 Å². The van der Waals surface area contributed by atoms with E-state index in [1.165, 1.54) is 0 Å². The Morgan fingerprint density at radius 3 is 2.92 bits per heavy atom. The number of amidine groups is 1. The van der Waals surface area contributed by atoms with Crippen LogP contribution in [0.5, 0.6) is 0 Å². The molecule has 12 heavy (non-hydrogen) atoms. The van der Waals surface area contributed by atoms with Crippen LogP contribution in [-0.4, -0.2) is 28.5 Å². The minimum atomic E-state index is -0.514. The lowest BCUT2D eigenvalue weighted by Gasteiger charge is -2.19. The van der Waals surface area contributed by atoms with E-state index >= 15 is 0 Å². The topological polar surface area (TPSA) is 65.8 Å². The molecule has 0 bridgehead atoms. The van der Waals surface area contributed by atoms with Gasteiger partial charge in [-0.05, 0) is 11.6 Å². The lowest BCUT2D eigenvalue weighted by molar-refractivity contribution is -0.121. The van der Waals surface area contributed by atoms with E-state index in [-0.39, 0.29) is 16.4 Å². The first-order valence-corrected chi connectivity index (χ1v) is 3.97. The standard InChI is InChI=1S/C5H4Cl2N4O/c6-3-1-2(10-11-3)4(12)9-5(7)8-1/h1-2,10H,(H,8,9,12). The third kappa shape index (κ3) is 1.05. The second-order valence-electron chi connectivity index (χ2n) is 2.40. The summed E-state index contributed by atoms with van der Waals surface area (Å²) in [5.41, 5.74) is 2.56. The number of amides is 1. The number of aliphatic imine (C=N–C) groups is 1. The Hall–Kier alpha value is -0.810. The molecule has 0 spiro atoms. The Balaban J connectivity index is 2.33. The van der Waals surface area contributed by atoms with Crippen molar-refractivity contribution in [2.45, 2.75) is 12.1 Å². The van der Waals surface area contributed by atoms with Gasteiger partial charge in [0.05, 0.1) is 0 Å². The van der Waals surface area contributed by atoms with Crippen LogP contribution in [0.3, 0.4) is 0 Å². The zero-order valence-corrected chi connectivity index (χ0v) is 7.23. The van der Waals surface area contributed by atoms with Crippen molar-refractivity contribution in [2.75, 3.05) is 0 Å². The van der Waals surface area contributed by atoms with Gasteiger partial charge in [0.25, 0.3) is 5.91 Å². The van der Waals surface area contributed by atoms with Crippen LogP contribution in [0.4, 0.5) is 0 Å². The van der Waals surface area contributed by atoms with Crippen LogP contribution in [0, 0.1) is 0 Å². The first-order chi connectivity index (χ1) is 5.68. The van der Waals surface area contributed by atoms with Gasteiger partial charge in [0.2, 0.25) is 0 Å². The molecule has 1 amide bonds. The van der Waals surface area contributed by atoms with Gasteiger partial charge in [0.15, 0.2) is 16.5 Å². The van der Waals surface area contributed by atoms with Crippen LogP contribution >= 0.6 is 23.2 Å². The van der Waals surface area contributed by atoms with Crippen molar-refractivity contribution in [2.24, 2.45) is 10.1 Å². The van der Waals surface area contributed by atoms with Crippen molar-refractivity contribution >= 4 is 39.6 Å². The lowest BCUT2D eigenvalue weighted by atomic mass is 10.1. The van der Waals surface area contributed by atoms with Gasteiger partial charge >= 0.3 is 0 Å². The Morgan fingerprint density at radius 1 is 1.42 bits per heavy atom. The van der Waals surface area contributed by atoms with E-state index in [0.29, 0.717) is 0 Å². The van der Waals surface area contributed by atoms with E-state index in [2.05, 4.69) is 20.8 Å². The molecular weight excluding hydrogens is 203 g/mol. The maximum atomic E-state index is 11.2. The van der Waals surface area contributed by atoms with Gasteiger partial charge in [-0.15, -0.1) is 0 Å². The number of rotatable bonds is 0. The highest BCUT2D eigenvalue weighted by atomic mass is 35.5. The summed E-state index contributed by atoms with van der Waals surface area (Å²) >= 11 is 11.2. The van der Waals surface area contributed by atoms with E-state index < -0.39 is 12.1 Å². The Labute approximate surface area is 77.8 Å². The molecule has 0 aromatic carbocycles. The number of fused-ring (bicyclic) bond motifs is 1. The maximum Gasteiger partial charge on any atom is 0.253 e. The summed E-state index contributed by atoms with van der Waals surface area (Å²) in [6, 6.07) is -0.979. The fourth-order valence-electron chi connectivity index (χ4n) is 1.07. The molecule has 2 aliphatic rings. The molecule has 2 unspecified atom stereocenters. The van der Waals surface area contributed by atoms with Gasteiger partial charge in [-0.3, -0.25) is 15.5 Å². The average molecular weight is 207 g/mol. The molecule has 2 heterocycles. The third-order valence-corrected chi connectivity index (χ3v) is 2.13. The second kappa shape index (κ2) is 2.60. The largest absolute Gasteiger partial charge is 0.299 e. The van der Waals surface area contributed by atoms with Crippen molar-refractivity contribution in [3.8, 4) is 0 Å².